The summed E-state index contributed by atoms with van der Waals surface area (Å²) in [5.41, 5.74) is 1.09. The van der Waals surface area contributed by atoms with Crippen molar-refractivity contribution in [1.82, 2.24) is 15.3 Å². The molecule has 0 radical (unpaired) electrons. The number of hydrogen-bond acceptors (Lipinski definition) is 5. The largest absolute Gasteiger partial charge is 0.383 e. The highest BCUT2D eigenvalue weighted by atomic mass is 16.5. The lowest BCUT2D eigenvalue weighted by Crippen LogP contribution is -2.24. The third-order valence-corrected chi connectivity index (χ3v) is 2.55. The van der Waals surface area contributed by atoms with E-state index in [1.54, 1.807) is 7.11 Å². The second-order valence-corrected chi connectivity index (χ2v) is 3.73. The Labute approximate surface area is 103 Å². The molecular formula is C12H22N4O. The third kappa shape index (κ3) is 4.66. The van der Waals surface area contributed by atoms with Gasteiger partial charge in [-0.3, -0.25) is 0 Å². The maximum absolute atomic E-state index is 4.96. The second-order valence-electron chi connectivity index (χ2n) is 3.73. The number of anilines is 1. The van der Waals surface area contributed by atoms with Crippen molar-refractivity contribution in [2.75, 3.05) is 38.3 Å². The van der Waals surface area contributed by atoms with Gasteiger partial charge in [0.25, 0.3) is 0 Å². The van der Waals surface area contributed by atoms with Gasteiger partial charge in [0.2, 0.25) is 5.95 Å². The Morgan fingerprint density at radius 3 is 2.41 bits per heavy atom. The number of nitrogens with one attached hydrogen (secondary N) is 1. The Hall–Kier alpha value is -1.20. The van der Waals surface area contributed by atoms with Crippen LogP contribution in [0.1, 0.15) is 19.4 Å². The normalized spacial score (nSPS) is 10.5. The lowest BCUT2D eigenvalue weighted by atomic mass is 10.3. The van der Waals surface area contributed by atoms with E-state index in [0.29, 0.717) is 0 Å². The molecule has 0 aliphatic heterocycles. The van der Waals surface area contributed by atoms with Crippen LogP contribution in [0.4, 0.5) is 5.95 Å². The summed E-state index contributed by atoms with van der Waals surface area (Å²) in [4.78, 5) is 10.9. The number of aromatic nitrogens is 2. The number of hydrogen-bond donors (Lipinski definition) is 1. The summed E-state index contributed by atoms with van der Waals surface area (Å²) in [6, 6.07) is 0. The van der Waals surface area contributed by atoms with Gasteiger partial charge in [-0.2, -0.15) is 0 Å². The van der Waals surface area contributed by atoms with Crippen LogP contribution in [0, 0.1) is 0 Å². The van der Waals surface area contributed by atoms with Gasteiger partial charge in [0.1, 0.15) is 0 Å². The van der Waals surface area contributed by atoms with Crippen LogP contribution in [0.25, 0.3) is 0 Å². The molecule has 0 saturated carbocycles. The van der Waals surface area contributed by atoms with E-state index >= 15 is 0 Å². The van der Waals surface area contributed by atoms with Gasteiger partial charge in [-0.25, -0.2) is 9.97 Å². The van der Waals surface area contributed by atoms with Crippen LogP contribution >= 0.6 is 0 Å². The van der Waals surface area contributed by atoms with E-state index in [2.05, 4.69) is 34.0 Å². The van der Waals surface area contributed by atoms with Crippen molar-refractivity contribution < 1.29 is 4.74 Å². The van der Waals surface area contributed by atoms with Crippen LogP contribution < -0.4 is 10.2 Å². The molecule has 0 aliphatic carbocycles. The Bertz CT molecular complexity index is 298. The molecule has 0 bridgehead atoms. The fourth-order valence-corrected chi connectivity index (χ4v) is 1.52. The molecule has 1 rings (SSSR count). The maximum Gasteiger partial charge on any atom is 0.225 e. The minimum absolute atomic E-state index is 0.721. The molecule has 0 saturated heterocycles. The molecule has 0 aliphatic rings. The monoisotopic (exact) mass is 238 g/mol. The molecule has 0 aromatic carbocycles. The van der Waals surface area contributed by atoms with E-state index in [9.17, 15) is 0 Å². The Balaban J connectivity index is 2.44. The van der Waals surface area contributed by atoms with E-state index in [1.807, 2.05) is 12.4 Å². The highest BCUT2D eigenvalue weighted by molar-refractivity contribution is 5.29. The molecule has 0 atom stereocenters. The Morgan fingerprint density at radius 2 is 1.88 bits per heavy atom. The summed E-state index contributed by atoms with van der Waals surface area (Å²) in [7, 11) is 1.70. The van der Waals surface area contributed by atoms with E-state index < -0.39 is 0 Å². The summed E-state index contributed by atoms with van der Waals surface area (Å²) in [6.07, 6.45) is 3.75. The number of nitrogens with zero attached hydrogens (tertiary/aromatic N) is 3. The van der Waals surface area contributed by atoms with Crippen molar-refractivity contribution in [2.24, 2.45) is 0 Å². The van der Waals surface area contributed by atoms with Gasteiger partial charge in [0.15, 0.2) is 0 Å². The fraction of sp³-hybridized carbons (Fsp3) is 0.667. The van der Waals surface area contributed by atoms with Crippen LogP contribution in [-0.4, -0.2) is 43.3 Å². The number of ether oxygens (including phenoxy) is 1. The predicted octanol–water partition coefficient (Wildman–Crippen LogP) is 1.06. The van der Waals surface area contributed by atoms with Crippen LogP contribution in [0.15, 0.2) is 12.4 Å². The van der Waals surface area contributed by atoms with Gasteiger partial charge >= 0.3 is 0 Å². The first-order chi connectivity index (χ1) is 8.31. The minimum Gasteiger partial charge on any atom is -0.383 e. The van der Waals surface area contributed by atoms with E-state index in [1.165, 1.54) is 0 Å². The van der Waals surface area contributed by atoms with Gasteiger partial charge in [-0.05, 0) is 13.8 Å². The first-order valence-electron chi connectivity index (χ1n) is 6.07. The maximum atomic E-state index is 4.96. The summed E-state index contributed by atoms with van der Waals surface area (Å²) in [5.74, 6) is 0.802. The zero-order chi connectivity index (χ0) is 12.5. The Morgan fingerprint density at radius 1 is 1.24 bits per heavy atom. The van der Waals surface area contributed by atoms with Crippen molar-refractivity contribution in [1.29, 1.82) is 0 Å². The standard InChI is InChI=1S/C12H22N4O/c1-4-16(5-2)12-14-9-11(10-15-12)8-13-6-7-17-3/h9-10,13H,4-8H2,1-3H3. The van der Waals surface area contributed by atoms with Crippen LogP contribution in [0.5, 0.6) is 0 Å². The number of rotatable bonds is 8. The average Bonchev–Trinajstić information content (AvgIpc) is 2.38. The smallest absolute Gasteiger partial charge is 0.225 e. The zero-order valence-electron chi connectivity index (χ0n) is 10.9. The Kier molecular flexibility index (Phi) is 6.50. The SMILES string of the molecule is CCN(CC)c1ncc(CNCCOC)cn1. The van der Waals surface area contributed by atoms with E-state index in [-0.39, 0.29) is 0 Å². The lowest BCUT2D eigenvalue weighted by molar-refractivity contribution is 0.199. The van der Waals surface area contributed by atoms with Crippen molar-refractivity contribution in [3.05, 3.63) is 18.0 Å². The van der Waals surface area contributed by atoms with Crippen molar-refractivity contribution >= 4 is 5.95 Å². The molecule has 1 N–H and O–H groups in total. The first kappa shape index (κ1) is 13.9. The molecule has 0 unspecified atom stereocenters. The van der Waals surface area contributed by atoms with Gasteiger partial charge in [-0.1, -0.05) is 0 Å². The summed E-state index contributed by atoms with van der Waals surface area (Å²) in [5, 5.41) is 3.26. The fourth-order valence-electron chi connectivity index (χ4n) is 1.52. The highest BCUT2D eigenvalue weighted by Gasteiger charge is 2.04. The van der Waals surface area contributed by atoms with E-state index in [4.69, 9.17) is 4.74 Å². The second kappa shape index (κ2) is 7.97. The highest BCUT2D eigenvalue weighted by Crippen LogP contribution is 2.06. The van der Waals surface area contributed by atoms with Crippen LogP contribution in [0.3, 0.4) is 0 Å². The molecule has 0 spiro atoms. The quantitative estimate of drug-likeness (QED) is 0.686. The molecule has 17 heavy (non-hydrogen) atoms. The lowest BCUT2D eigenvalue weighted by Gasteiger charge is -2.18. The van der Waals surface area contributed by atoms with Crippen molar-refractivity contribution in [3.63, 3.8) is 0 Å². The first-order valence-corrected chi connectivity index (χ1v) is 6.07. The molecule has 1 heterocycles. The average molecular weight is 238 g/mol. The predicted molar refractivity (Wildman–Crippen MR) is 69.2 cm³/mol. The minimum atomic E-state index is 0.721. The molecule has 1 aromatic rings. The van der Waals surface area contributed by atoms with Crippen molar-refractivity contribution in [3.8, 4) is 0 Å². The summed E-state index contributed by atoms with van der Waals surface area (Å²) < 4.78 is 4.96. The van der Waals surface area contributed by atoms with Gasteiger partial charge in [-0.15, -0.1) is 0 Å². The van der Waals surface area contributed by atoms with E-state index in [0.717, 1.165) is 44.3 Å². The van der Waals surface area contributed by atoms with Crippen LogP contribution in [-0.2, 0) is 11.3 Å². The summed E-state index contributed by atoms with van der Waals surface area (Å²) >= 11 is 0. The third-order valence-electron chi connectivity index (χ3n) is 2.55. The molecule has 0 amide bonds. The molecular weight excluding hydrogens is 216 g/mol. The molecule has 1 aromatic heterocycles. The number of methoxy groups -OCH3 is 1. The molecule has 5 heteroatoms. The summed E-state index contributed by atoms with van der Waals surface area (Å²) in [6.45, 7) is 8.42. The van der Waals surface area contributed by atoms with Gasteiger partial charge in [0.05, 0.1) is 6.61 Å². The molecule has 0 fully saturated rings. The topological polar surface area (TPSA) is 50.3 Å². The van der Waals surface area contributed by atoms with Crippen LogP contribution in [0.2, 0.25) is 0 Å². The molecule has 5 nitrogen and oxygen atoms in total. The van der Waals surface area contributed by atoms with Gasteiger partial charge in [0, 0.05) is 51.2 Å². The molecule has 96 valence electrons. The van der Waals surface area contributed by atoms with Crippen molar-refractivity contribution in [2.45, 2.75) is 20.4 Å². The van der Waals surface area contributed by atoms with Gasteiger partial charge < -0.3 is 15.0 Å². The zero-order valence-corrected chi connectivity index (χ0v) is 10.9.